The van der Waals surface area contributed by atoms with E-state index in [1.54, 1.807) is 0 Å². The van der Waals surface area contributed by atoms with Crippen molar-refractivity contribution in [2.45, 2.75) is 221 Å². The average molecular weight is 693 g/mol. The van der Waals surface area contributed by atoms with E-state index in [4.69, 9.17) is 8.15 Å². The van der Waals surface area contributed by atoms with Gasteiger partial charge >= 0.3 is 279 Å². The Balaban J connectivity index is 5.87. The standard InChI is InChI=1S/C40H85O4PS/c1-7-13-18-22-23-24-25-26-27-28-29-33-38-45(35-30-19-14-8-2,36-31-20-15-9-3,37-32-21-16-10-4)44-46(41,42)43-39-40(12-6)34-17-11-5/h40H,7-39H2,1-6H3. The average Bonchev–Trinajstić information content (AvgIpc) is 3.04. The molecule has 0 aromatic heterocycles. The van der Waals surface area contributed by atoms with Gasteiger partial charge in [0.15, 0.2) is 0 Å². The maximum atomic E-state index is 13.9. The van der Waals surface area contributed by atoms with Gasteiger partial charge in [0, 0.05) is 0 Å². The summed E-state index contributed by atoms with van der Waals surface area (Å²) in [4.78, 5) is 0. The summed E-state index contributed by atoms with van der Waals surface area (Å²) >= 11 is 0. The predicted molar refractivity (Wildman–Crippen MR) is 209 cm³/mol. The minimum atomic E-state index is -4.06. The third-order valence-electron chi connectivity index (χ3n) is 10.6. The van der Waals surface area contributed by atoms with Crippen LogP contribution in [0, 0.1) is 5.92 Å². The first-order valence-electron chi connectivity index (χ1n) is 20.9. The van der Waals surface area contributed by atoms with Crippen LogP contribution in [0.5, 0.6) is 0 Å². The summed E-state index contributed by atoms with van der Waals surface area (Å²) < 4.78 is 40.5. The van der Waals surface area contributed by atoms with Crippen LogP contribution in [-0.4, -0.2) is 39.7 Å². The van der Waals surface area contributed by atoms with Crippen LogP contribution in [-0.2, 0) is 18.6 Å². The van der Waals surface area contributed by atoms with E-state index in [9.17, 15) is 8.42 Å². The molecule has 0 radical (unpaired) electrons. The molecule has 0 aromatic rings. The molecule has 1 unspecified atom stereocenters. The fourth-order valence-electron chi connectivity index (χ4n) is 7.35. The molecule has 0 aromatic carbocycles. The Hall–Kier alpha value is 0.300. The van der Waals surface area contributed by atoms with Gasteiger partial charge in [-0.15, -0.1) is 0 Å². The van der Waals surface area contributed by atoms with E-state index in [0.717, 1.165) is 76.0 Å². The van der Waals surface area contributed by atoms with E-state index >= 15 is 0 Å². The Bertz CT molecular complexity index is 722. The molecule has 0 saturated carbocycles. The normalized spacial score (nSPS) is 14.0. The van der Waals surface area contributed by atoms with Gasteiger partial charge in [-0.2, -0.15) is 0 Å². The van der Waals surface area contributed by atoms with Gasteiger partial charge in [-0.1, -0.05) is 13.3 Å². The van der Waals surface area contributed by atoms with E-state index in [2.05, 4.69) is 41.5 Å². The van der Waals surface area contributed by atoms with Crippen LogP contribution in [0.2, 0.25) is 0 Å². The number of hydrogen-bond acceptors (Lipinski definition) is 4. The van der Waals surface area contributed by atoms with Gasteiger partial charge < -0.3 is 0 Å². The molecule has 0 aliphatic rings. The van der Waals surface area contributed by atoms with Gasteiger partial charge in [0.2, 0.25) is 0 Å². The zero-order chi connectivity index (χ0) is 34.3. The molecule has 4 nitrogen and oxygen atoms in total. The summed E-state index contributed by atoms with van der Waals surface area (Å²) in [5.74, 6) is 0.277. The van der Waals surface area contributed by atoms with Crippen molar-refractivity contribution in [3.63, 3.8) is 0 Å². The summed E-state index contributed by atoms with van der Waals surface area (Å²) in [6.07, 6.45) is 38.0. The van der Waals surface area contributed by atoms with Crippen molar-refractivity contribution in [3.8, 4) is 0 Å². The molecule has 1 atom stereocenters. The van der Waals surface area contributed by atoms with Crippen LogP contribution in [0.4, 0.5) is 0 Å². The Kier molecular flexibility index (Phi) is 30.3. The Labute approximate surface area is 291 Å². The first-order valence-corrected chi connectivity index (χ1v) is 25.1. The van der Waals surface area contributed by atoms with Gasteiger partial charge in [-0.05, 0) is 0 Å². The molecule has 0 N–H and O–H groups in total. The molecule has 0 aliphatic carbocycles. The third-order valence-corrected chi connectivity index (χ3v) is 19.2. The molecule has 0 saturated heterocycles. The van der Waals surface area contributed by atoms with E-state index in [1.807, 2.05) is 0 Å². The molecule has 0 heterocycles. The molecule has 0 amide bonds. The number of hydrogen-bond donors (Lipinski definition) is 0. The fraction of sp³-hybridized carbons (Fsp3) is 1.00. The topological polar surface area (TPSA) is 52.6 Å². The summed E-state index contributed by atoms with van der Waals surface area (Å²) in [7, 11) is -4.06. The molecule has 0 spiro atoms. The van der Waals surface area contributed by atoms with Crippen molar-refractivity contribution >= 4 is 17.2 Å². The van der Waals surface area contributed by atoms with Gasteiger partial charge in [-0.3, -0.25) is 0 Å². The number of unbranched alkanes of at least 4 members (excludes halogenated alkanes) is 21. The van der Waals surface area contributed by atoms with Crippen molar-refractivity contribution in [1.29, 1.82) is 0 Å². The van der Waals surface area contributed by atoms with Gasteiger partial charge in [0.05, 0.1) is 0 Å². The fourth-order valence-corrected chi connectivity index (χ4v) is 16.6. The maximum absolute atomic E-state index is 13.9. The Morgan fingerprint density at radius 2 is 0.739 bits per heavy atom. The molecule has 0 bridgehead atoms. The van der Waals surface area contributed by atoms with Crippen LogP contribution < -0.4 is 0 Å². The molecule has 0 fully saturated rings. The SMILES string of the molecule is CCCCCCCCCCCCCCP(CCCCCC)(CCCCCC)(CCCCCC)OS(=O)(=O)OCC(CC)CCCC. The van der Waals surface area contributed by atoms with Gasteiger partial charge in [0.1, 0.15) is 0 Å². The number of rotatable bonds is 37. The first-order chi connectivity index (χ1) is 22.3. The zero-order valence-corrected chi connectivity index (χ0v) is 34.1. The van der Waals surface area contributed by atoms with Crippen molar-refractivity contribution in [2.75, 3.05) is 31.3 Å². The van der Waals surface area contributed by atoms with Crippen molar-refractivity contribution < 1.29 is 16.6 Å². The summed E-state index contributed by atoms with van der Waals surface area (Å²) in [6.45, 7) is 10.6. The molecule has 46 heavy (non-hydrogen) atoms. The van der Waals surface area contributed by atoms with E-state index in [1.165, 1.54) is 128 Å². The zero-order valence-electron chi connectivity index (χ0n) is 32.4. The second-order valence-electron chi connectivity index (χ2n) is 15.0. The molecule has 280 valence electrons. The monoisotopic (exact) mass is 693 g/mol. The first kappa shape index (κ1) is 46.3. The van der Waals surface area contributed by atoms with Crippen LogP contribution >= 0.6 is 6.83 Å². The summed E-state index contributed by atoms with van der Waals surface area (Å²) in [5, 5.41) is 0. The summed E-state index contributed by atoms with van der Waals surface area (Å²) in [5.41, 5.74) is 0. The molecule has 0 aliphatic heterocycles. The Morgan fingerprint density at radius 1 is 0.435 bits per heavy atom. The van der Waals surface area contributed by atoms with Gasteiger partial charge in [0.25, 0.3) is 0 Å². The third kappa shape index (κ3) is 23.6. The second-order valence-corrected chi connectivity index (χ2v) is 22.2. The minimum absolute atomic E-state index is 0.269. The van der Waals surface area contributed by atoms with Crippen molar-refractivity contribution in [2.24, 2.45) is 5.92 Å². The Morgan fingerprint density at radius 3 is 1.07 bits per heavy atom. The van der Waals surface area contributed by atoms with Crippen LogP contribution in [0.15, 0.2) is 0 Å². The molecular weight excluding hydrogens is 607 g/mol. The van der Waals surface area contributed by atoms with E-state index in [0.29, 0.717) is 0 Å². The molecular formula is C40H85O4PS. The van der Waals surface area contributed by atoms with Gasteiger partial charge in [-0.25, -0.2) is 0 Å². The van der Waals surface area contributed by atoms with Crippen molar-refractivity contribution in [1.82, 2.24) is 0 Å². The van der Waals surface area contributed by atoms with Crippen LogP contribution in [0.1, 0.15) is 221 Å². The quantitative estimate of drug-likeness (QED) is 0.0480. The summed E-state index contributed by atoms with van der Waals surface area (Å²) in [6, 6.07) is 0. The van der Waals surface area contributed by atoms with E-state index < -0.39 is 17.2 Å². The van der Waals surface area contributed by atoms with Crippen molar-refractivity contribution in [3.05, 3.63) is 0 Å². The molecule has 0 rings (SSSR count). The van der Waals surface area contributed by atoms with Crippen LogP contribution in [0.25, 0.3) is 0 Å². The predicted octanol–water partition coefficient (Wildman–Crippen LogP) is 14.4. The molecule has 6 heteroatoms. The van der Waals surface area contributed by atoms with E-state index in [-0.39, 0.29) is 12.5 Å². The second kappa shape index (κ2) is 30.2. The van der Waals surface area contributed by atoms with Crippen LogP contribution in [0.3, 0.4) is 0 Å².